The van der Waals surface area contributed by atoms with E-state index in [0.29, 0.717) is 33.1 Å². The molecule has 1 aromatic heterocycles. The number of ether oxygens (including phenoxy) is 3. The van der Waals surface area contributed by atoms with Gasteiger partial charge in [0.2, 0.25) is 11.2 Å². The van der Waals surface area contributed by atoms with Crippen LogP contribution >= 0.6 is 11.6 Å². The molecule has 1 heterocycles. The molecule has 0 radical (unpaired) electrons. The fourth-order valence-corrected chi connectivity index (χ4v) is 3.85. The van der Waals surface area contributed by atoms with Gasteiger partial charge in [0.1, 0.15) is 5.58 Å². The van der Waals surface area contributed by atoms with Gasteiger partial charge in [-0.1, -0.05) is 23.7 Å². The number of benzene rings is 3. The van der Waals surface area contributed by atoms with Crippen molar-refractivity contribution in [3.8, 4) is 28.6 Å². The molecule has 0 aliphatic heterocycles. The van der Waals surface area contributed by atoms with Crippen LogP contribution in [0.1, 0.15) is 21.5 Å². The molecule has 168 valence electrons. The highest BCUT2D eigenvalue weighted by atomic mass is 35.5. The first kappa shape index (κ1) is 22.4. The zero-order valence-electron chi connectivity index (χ0n) is 18.5. The number of esters is 1. The van der Waals surface area contributed by atoms with Gasteiger partial charge in [0.15, 0.2) is 17.3 Å². The lowest BCUT2D eigenvalue weighted by Crippen LogP contribution is -2.16. The first-order valence-corrected chi connectivity index (χ1v) is 10.5. The molecule has 33 heavy (non-hydrogen) atoms. The van der Waals surface area contributed by atoms with Gasteiger partial charge in [-0.2, -0.15) is 0 Å². The van der Waals surface area contributed by atoms with Crippen LogP contribution in [0.2, 0.25) is 5.02 Å². The lowest BCUT2D eigenvalue weighted by molar-refractivity contribution is 0.0731. The molecule has 0 fully saturated rings. The fraction of sp³-hybridized carbons (Fsp3) is 0.154. The Morgan fingerprint density at radius 3 is 2.39 bits per heavy atom. The van der Waals surface area contributed by atoms with Gasteiger partial charge in [-0.05, 0) is 67.4 Å². The van der Waals surface area contributed by atoms with E-state index < -0.39 is 11.4 Å². The molecular formula is C26H21ClO6. The molecule has 0 unspecified atom stereocenters. The Labute approximate surface area is 195 Å². The Kier molecular flexibility index (Phi) is 6.11. The summed E-state index contributed by atoms with van der Waals surface area (Å²) >= 11 is 6.01. The van der Waals surface area contributed by atoms with Gasteiger partial charge in [0.05, 0.1) is 25.2 Å². The first-order valence-electron chi connectivity index (χ1n) is 10.1. The van der Waals surface area contributed by atoms with Crippen LogP contribution in [0, 0.1) is 13.8 Å². The summed E-state index contributed by atoms with van der Waals surface area (Å²) in [7, 11) is 3.03. The number of fused-ring (bicyclic) bond motifs is 1. The summed E-state index contributed by atoms with van der Waals surface area (Å²) < 4.78 is 22.5. The molecular weight excluding hydrogens is 444 g/mol. The molecule has 7 heteroatoms. The molecule has 0 atom stereocenters. The minimum Gasteiger partial charge on any atom is -0.493 e. The molecule has 0 aliphatic carbocycles. The second kappa shape index (κ2) is 9.00. The third-order valence-electron chi connectivity index (χ3n) is 5.18. The monoisotopic (exact) mass is 464 g/mol. The van der Waals surface area contributed by atoms with Crippen LogP contribution in [0.4, 0.5) is 0 Å². The van der Waals surface area contributed by atoms with Gasteiger partial charge in [-0.15, -0.1) is 0 Å². The van der Waals surface area contributed by atoms with Gasteiger partial charge in [0.25, 0.3) is 0 Å². The van der Waals surface area contributed by atoms with Crippen LogP contribution in [0.5, 0.6) is 17.2 Å². The van der Waals surface area contributed by atoms with Crippen molar-refractivity contribution in [3.63, 3.8) is 0 Å². The Morgan fingerprint density at radius 2 is 1.70 bits per heavy atom. The second-order valence-corrected chi connectivity index (χ2v) is 7.95. The van der Waals surface area contributed by atoms with E-state index in [4.69, 9.17) is 30.2 Å². The molecule has 4 rings (SSSR count). The summed E-state index contributed by atoms with van der Waals surface area (Å²) in [5.74, 6) is 0.106. The summed E-state index contributed by atoms with van der Waals surface area (Å²) in [5.41, 5.74) is 2.33. The Hall–Kier alpha value is -3.77. The van der Waals surface area contributed by atoms with Crippen molar-refractivity contribution in [2.75, 3.05) is 14.2 Å². The van der Waals surface area contributed by atoms with Crippen molar-refractivity contribution < 1.29 is 23.4 Å². The van der Waals surface area contributed by atoms with E-state index in [2.05, 4.69) is 0 Å². The smallest absolute Gasteiger partial charge is 0.343 e. The largest absolute Gasteiger partial charge is 0.493 e. The highest BCUT2D eigenvalue weighted by molar-refractivity contribution is 6.30. The maximum atomic E-state index is 13.5. The van der Waals surface area contributed by atoms with Crippen molar-refractivity contribution in [2.45, 2.75) is 13.8 Å². The zero-order chi connectivity index (χ0) is 23.7. The molecule has 3 aromatic carbocycles. The highest BCUT2D eigenvalue weighted by Crippen LogP contribution is 2.37. The molecule has 6 nitrogen and oxygen atoms in total. The van der Waals surface area contributed by atoms with Gasteiger partial charge in [0, 0.05) is 10.6 Å². The van der Waals surface area contributed by atoms with Crippen LogP contribution < -0.4 is 19.6 Å². The standard InChI is InChI=1S/C26H21ClO6/c1-14-10-15(2)23-19(11-14)22(28)25(33-26(29)17-6-5-7-18(27)12-17)24(32-23)16-8-9-20(30-3)21(13-16)31-4/h5-13H,1-4H3. The lowest BCUT2D eigenvalue weighted by Gasteiger charge is -2.14. The predicted molar refractivity (Wildman–Crippen MR) is 127 cm³/mol. The van der Waals surface area contributed by atoms with E-state index in [9.17, 15) is 9.59 Å². The minimum atomic E-state index is -0.727. The summed E-state index contributed by atoms with van der Waals surface area (Å²) in [6, 6.07) is 15.0. The number of methoxy groups -OCH3 is 2. The predicted octanol–water partition coefficient (Wildman–Crippen LogP) is 5.97. The Balaban J connectivity index is 1.96. The van der Waals surface area contributed by atoms with Crippen molar-refractivity contribution in [3.05, 3.63) is 86.5 Å². The average molecular weight is 465 g/mol. The number of hydrogen-bond donors (Lipinski definition) is 0. The van der Waals surface area contributed by atoms with Crippen LogP contribution in [0.3, 0.4) is 0 Å². The van der Waals surface area contributed by atoms with Crippen molar-refractivity contribution in [1.29, 1.82) is 0 Å². The SMILES string of the molecule is COc1ccc(-c2oc3c(C)cc(C)cc3c(=O)c2OC(=O)c2cccc(Cl)c2)cc1OC. The summed E-state index contributed by atoms with van der Waals surface area (Å²) in [4.78, 5) is 26.4. The Morgan fingerprint density at radius 1 is 0.939 bits per heavy atom. The number of aryl methyl sites for hydroxylation is 2. The van der Waals surface area contributed by atoms with Gasteiger partial charge >= 0.3 is 5.97 Å². The molecule has 0 N–H and O–H groups in total. The average Bonchev–Trinajstić information content (AvgIpc) is 2.80. The molecule has 4 aromatic rings. The summed E-state index contributed by atoms with van der Waals surface area (Å²) in [5, 5.41) is 0.701. The van der Waals surface area contributed by atoms with Crippen LogP contribution in [-0.2, 0) is 0 Å². The molecule has 0 aliphatic rings. The van der Waals surface area contributed by atoms with Gasteiger partial charge in [-0.3, -0.25) is 4.79 Å². The third-order valence-corrected chi connectivity index (χ3v) is 5.42. The normalized spacial score (nSPS) is 10.8. The van der Waals surface area contributed by atoms with E-state index in [-0.39, 0.29) is 17.1 Å². The minimum absolute atomic E-state index is 0.107. The van der Waals surface area contributed by atoms with E-state index in [0.717, 1.165) is 11.1 Å². The number of halogens is 1. The van der Waals surface area contributed by atoms with E-state index in [1.165, 1.54) is 20.3 Å². The number of carbonyl (C=O) groups excluding carboxylic acids is 1. The second-order valence-electron chi connectivity index (χ2n) is 7.52. The summed E-state index contributed by atoms with van der Waals surface area (Å²) in [6.07, 6.45) is 0. The zero-order valence-corrected chi connectivity index (χ0v) is 19.3. The lowest BCUT2D eigenvalue weighted by atomic mass is 10.0. The van der Waals surface area contributed by atoms with Crippen LogP contribution in [0.25, 0.3) is 22.3 Å². The highest BCUT2D eigenvalue weighted by Gasteiger charge is 2.23. The fourth-order valence-electron chi connectivity index (χ4n) is 3.66. The Bertz CT molecular complexity index is 1440. The maximum Gasteiger partial charge on any atom is 0.343 e. The van der Waals surface area contributed by atoms with Crippen LogP contribution in [-0.4, -0.2) is 20.2 Å². The van der Waals surface area contributed by atoms with E-state index in [1.807, 2.05) is 19.9 Å². The van der Waals surface area contributed by atoms with E-state index in [1.54, 1.807) is 42.5 Å². The molecule has 0 saturated carbocycles. The number of hydrogen-bond acceptors (Lipinski definition) is 6. The molecule has 0 amide bonds. The summed E-state index contributed by atoms with van der Waals surface area (Å²) in [6.45, 7) is 3.74. The molecule has 0 bridgehead atoms. The maximum absolute atomic E-state index is 13.5. The molecule has 0 spiro atoms. The third kappa shape index (κ3) is 4.30. The number of carbonyl (C=O) groups is 1. The van der Waals surface area contributed by atoms with Crippen molar-refractivity contribution in [2.24, 2.45) is 0 Å². The first-order chi connectivity index (χ1) is 15.8. The quantitative estimate of drug-likeness (QED) is 0.339. The number of rotatable bonds is 5. The van der Waals surface area contributed by atoms with Gasteiger partial charge in [-0.25, -0.2) is 4.79 Å². The van der Waals surface area contributed by atoms with Crippen LogP contribution in [0.15, 0.2) is 63.8 Å². The topological polar surface area (TPSA) is 75.0 Å². The van der Waals surface area contributed by atoms with E-state index >= 15 is 0 Å². The van der Waals surface area contributed by atoms with Crippen molar-refractivity contribution in [1.82, 2.24) is 0 Å². The van der Waals surface area contributed by atoms with Gasteiger partial charge < -0.3 is 18.6 Å². The molecule has 0 saturated heterocycles. The van der Waals surface area contributed by atoms with Crippen molar-refractivity contribution >= 4 is 28.5 Å².